The Kier molecular flexibility index (Phi) is 4.81. The minimum atomic E-state index is 0.734. The van der Waals surface area contributed by atoms with E-state index in [2.05, 4.69) is 64.0 Å². The maximum Gasteiger partial charge on any atom is 0.137 e. The summed E-state index contributed by atoms with van der Waals surface area (Å²) in [6, 6.07) is 16.8. The normalized spacial score (nSPS) is 18.7. The SMILES string of the molecule is NCC[C@H]1CCCN(Cc2c(-c3ccccc3)nc3ccccn23)C1. The molecule has 4 heteroatoms. The average Bonchev–Trinajstić information content (AvgIpc) is 3.02. The van der Waals surface area contributed by atoms with Gasteiger partial charge in [-0.3, -0.25) is 4.90 Å². The number of hydrogen-bond donors (Lipinski definition) is 1. The third kappa shape index (κ3) is 3.46. The number of fused-ring (bicyclic) bond motifs is 1. The largest absolute Gasteiger partial charge is 0.330 e. The number of likely N-dealkylation sites (tertiary alicyclic amines) is 1. The van der Waals surface area contributed by atoms with E-state index in [0.29, 0.717) is 0 Å². The van der Waals surface area contributed by atoms with Crippen LogP contribution in [0.1, 0.15) is 25.0 Å². The van der Waals surface area contributed by atoms with Gasteiger partial charge in [-0.1, -0.05) is 36.4 Å². The highest BCUT2D eigenvalue weighted by Gasteiger charge is 2.22. The standard InChI is InChI=1S/C21H26N4/c22-12-11-17-7-6-13-24(15-17)16-19-21(18-8-2-1-3-9-18)23-20-10-4-5-14-25(19)20/h1-5,8-10,14,17H,6-7,11-13,15-16,22H2/t17-/m1/s1. The molecule has 1 fully saturated rings. The fraction of sp³-hybridized carbons (Fsp3) is 0.381. The molecule has 0 bridgehead atoms. The number of hydrogen-bond acceptors (Lipinski definition) is 3. The fourth-order valence-corrected chi connectivity index (χ4v) is 4.00. The lowest BCUT2D eigenvalue weighted by molar-refractivity contribution is 0.161. The molecule has 2 aromatic heterocycles. The monoisotopic (exact) mass is 334 g/mol. The van der Waals surface area contributed by atoms with Crippen molar-refractivity contribution in [3.63, 3.8) is 0 Å². The highest BCUT2D eigenvalue weighted by Crippen LogP contribution is 2.27. The first-order valence-electron chi connectivity index (χ1n) is 9.29. The maximum absolute atomic E-state index is 5.78. The van der Waals surface area contributed by atoms with Gasteiger partial charge in [-0.15, -0.1) is 0 Å². The molecular formula is C21H26N4. The molecule has 0 spiro atoms. The third-order valence-electron chi connectivity index (χ3n) is 5.23. The quantitative estimate of drug-likeness (QED) is 0.776. The Morgan fingerprint density at radius 1 is 1.08 bits per heavy atom. The van der Waals surface area contributed by atoms with Gasteiger partial charge >= 0.3 is 0 Å². The minimum Gasteiger partial charge on any atom is -0.330 e. The van der Waals surface area contributed by atoms with Crippen molar-refractivity contribution in [1.29, 1.82) is 0 Å². The van der Waals surface area contributed by atoms with Crippen LogP contribution in [-0.4, -0.2) is 33.9 Å². The van der Waals surface area contributed by atoms with Crippen LogP contribution in [0.3, 0.4) is 0 Å². The number of piperidine rings is 1. The Hall–Kier alpha value is -2.17. The van der Waals surface area contributed by atoms with Crippen molar-refractivity contribution in [2.45, 2.75) is 25.8 Å². The van der Waals surface area contributed by atoms with E-state index in [0.717, 1.165) is 49.9 Å². The number of benzene rings is 1. The Morgan fingerprint density at radius 3 is 2.76 bits per heavy atom. The fourth-order valence-electron chi connectivity index (χ4n) is 4.00. The molecule has 4 rings (SSSR count). The molecule has 1 aromatic carbocycles. The molecule has 0 aliphatic carbocycles. The van der Waals surface area contributed by atoms with E-state index in [9.17, 15) is 0 Å². The molecule has 0 amide bonds. The van der Waals surface area contributed by atoms with Crippen LogP contribution in [0.4, 0.5) is 0 Å². The molecule has 0 radical (unpaired) electrons. The van der Waals surface area contributed by atoms with Crippen LogP contribution in [0.15, 0.2) is 54.7 Å². The first-order chi connectivity index (χ1) is 12.3. The second-order valence-corrected chi connectivity index (χ2v) is 7.02. The van der Waals surface area contributed by atoms with Crippen molar-refractivity contribution in [2.24, 2.45) is 11.7 Å². The van der Waals surface area contributed by atoms with Gasteiger partial charge in [-0.25, -0.2) is 4.98 Å². The summed E-state index contributed by atoms with van der Waals surface area (Å²) in [6.07, 6.45) is 5.84. The van der Waals surface area contributed by atoms with Crippen LogP contribution in [0.25, 0.3) is 16.9 Å². The summed E-state index contributed by atoms with van der Waals surface area (Å²) in [5.41, 5.74) is 10.4. The van der Waals surface area contributed by atoms with Crippen LogP contribution >= 0.6 is 0 Å². The van der Waals surface area contributed by atoms with Crippen molar-refractivity contribution in [3.8, 4) is 11.3 Å². The number of nitrogens with two attached hydrogens (primary N) is 1. The average molecular weight is 334 g/mol. The molecule has 1 aliphatic rings. The molecule has 130 valence electrons. The number of aromatic nitrogens is 2. The van der Waals surface area contributed by atoms with E-state index in [1.807, 2.05) is 0 Å². The zero-order valence-corrected chi connectivity index (χ0v) is 14.6. The Balaban J connectivity index is 1.68. The topological polar surface area (TPSA) is 46.6 Å². The van der Waals surface area contributed by atoms with Crippen LogP contribution in [0.5, 0.6) is 0 Å². The molecule has 3 aromatic rings. The summed E-state index contributed by atoms with van der Waals surface area (Å²) in [7, 11) is 0. The first kappa shape index (κ1) is 16.3. The van der Waals surface area contributed by atoms with Gasteiger partial charge in [0.25, 0.3) is 0 Å². The number of pyridine rings is 1. The zero-order chi connectivity index (χ0) is 17.1. The molecular weight excluding hydrogens is 308 g/mol. The highest BCUT2D eigenvalue weighted by atomic mass is 15.2. The van der Waals surface area contributed by atoms with E-state index < -0.39 is 0 Å². The van der Waals surface area contributed by atoms with Crippen LogP contribution in [0, 0.1) is 5.92 Å². The van der Waals surface area contributed by atoms with Crippen molar-refractivity contribution in [3.05, 3.63) is 60.4 Å². The van der Waals surface area contributed by atoms with Crippen molar-refractivity contribution in [2.75, 3.05) is 19.6 Å². The van der Waals surface area contributed by atoms with E-state index in [4.69, 9.17) is 10.7 Å². The Labute approximate surface area is 149 Å². The van der Waals surface area contributed by atoms with Gasteiger partial charge < -0.3 is 10.1 Å². The highest BCUT2D eigenvalue weighted by molar-refractivity contribution is 5.66. The lowest BCUT2D eigenvalue weighted by Crippen LogP contribution is -2.36. The second kappa shape index (κ2) is 7.38. The van der Waals surface area contributed by atoms with Gasteiger partial charge in [0.05, 0.1) is 11.4 Å². The van der Waals surface area contributed by atoms with Gasteiger partial charge in [-0.2, -0.15) is 0 Å². The summed E-state index contributed by atoms with van der Waals surface area (Å²) in [6.45, 7) is 4.04. The lowest BCUT2D eigenvalue weighted by atomic mass is 9.94. The smallest absolute Gasteiger partial charge is 0.137 e. The van der Waals surface area contributed by atoms with Crippen LogP contribution in [0.2, 0.25) is 0 Å². The van der Waals surface area contributed by atoms with Crippen LogP contribution < -0.4 is 5.73 Å². The second-order valence-electron chi connectivity index (χ2n) is 7.02. The molecule has 3 heterocycles. The summed E-state index contributed by atoms with van der Waals surface area (Å²) in [5.74, 6) is 0.734. The number of nitrogens with zero attached hydrogens (tertiary/aromatic N) is 3. The van der Waals surface area contributed by atoms with Crippen LogP contribution in [-0.2, 0) is 6.54 Å². The van der Waals surface area contributed by atoms with E-state index >= 15 is 0 Å². The molecule has 0 saturated carbocycles. The first-order valence-corrected chi connectivity index (χ1v) is 9.29. The summed E-state index contributed by atoms with van der Waals surface area (Å²) < 4.78 is 2.24. The van der Waals surface area contributed by atoms with E-state index in [-0.39, 0.29) is 0 Å². The molecule has 25 heavy (non-hydrogen) atoms. The Morgan fingerprint density at radius 2 is 1.92 bits per heavy atom. The minimum absolute atomic E-state index is 0.734. The van der Waals surface area contributed by atoms with E-state index in [1.54, 1.807) is 0 Å². The summed E-state index contributed by atoms with van der Waals surface area (Å²) in [4.78, 5) is 7.50. The predicted octanol–water partition coefficient (Wildman–Crippen LogP) is 3.56. The van der Waals surface area contributed by atoms with Crippen molar-refractivity contribution < 1.29 is 0 Å². The summed E-state index contributed by atoms with van der Waals surface area (Å²) >= 11 is 0. The molecule has 2 N–H and O–H groups in total. The zero-order valence-electron chi connectivity index (χ0n) is 14.6. The lowest BCUT2D eigenvalue weighted by Gasteiger charge is -2.32. The van der Waals surface area contributed by atoms with Gasteiger partial charge in [0.1, 0.15) is 5.65 Å². The molecule has 0 unspecified atom stereocenters. The Bertz CT molecular complexity index is 822. The van der Waals surface area contributed by atoms with Gasteiger partial charge in [0.15, 0.2) is 0 Å². The summed E-state index contributed by atoms with van der Waals surface area (Å²) in [5, 5.41) is 0. The van der Waals surface area contributed by atoms with Gasteiger partial charge in [0.2, 0.25) is 0 Å². The maximum atomic E-state index is 5.78. The molecule has 1 saturated heterocycles. The van der Waals surface area contributed by atoms with Crippen molar-refractivity contribution >= 4 is 5.65 Å². The predicted molar refractivity (Wildman–Crippen MR) is 102 cm³/mol. The number of imidazole rings is 1. The van der Waals surface area contributed by atoms with Crippen molar-refractivity contribution in [1.82, 2.24) is 14.3 Å². The van der Waals surface area contributed by atoms with E-state index in [1.165, 1.54) is 24.1 Å². The third-order valence-corrected chi connectivity index (χ3v) is 5.23. The molecule has 1 aliphatic heterocycles. The molecule has 4 nitrogen and oxygen atoms in total. The van der Waals surface area contributed by atoms with Gasteiger partial charge in [-0.05, 0) is 50.4 Å². The van der Waals surface area contributed by atoms with Gasteiger partial charge in [0, 0.05) is 24.8 Å². The molecule has 1 atom stereocenters. The number of rotatable bonds is 5.